The van der Waals surface area contributed by atoms with Crippen molar-refractivity contribution in [2.75, 3.05) is 0 Å². The number of hydrogen-bond donors (Lipinski definition) is 0. The van der Waals surface area contributed by atoms with E-state index in [-0.39, 0.29) is 5.56 Å². The molecule has 19 heavy (non-hydrogen) atoms. The van der Waals surface area contributed by atoms with Gasteiger partial charge < -0.3 is 0 Å². The number of nitrogens with zero attached hydrogens (tertiary/aromatic N) is 1. The smallest absolute Gasteiger partial charge is 0.198 e. The zero-order chi connectivity index (χ0) is 14.8. The van der Waals surface area contributed by atoms with E-state index in [1.807, 2.05) is 0 Å². The van der Waals surface area contributed by atoms with Crippen LogP contribution in [0.3, 0.4) is 0 Å². The first-order chi connectivity index (χ1) is 8.61. The van der Waals surface area contributed by atoms with Crippen molar-refractivity contribution in [3.63, 3.8) is 0 Å². The summed E-state index contributed by atoms with van der Waals surface area (Å²) in [6.07, 6.45) is -6.07. The van der Waals surface area contributed by atoms with Crippen LogP contribution in [0.1, 0.15) is 22.3 Å². The van der Waals surface area contributed by atoms with E-state index < -0.39 is 35.5 Å². The van der Waals surface area contributed by atoms with E-state index in [0.29, 0.717) is 6.07 Å². The number of rotatable bonds is 1. The third kappa shape index (κ3) is 3.19. The van der Waals surface area contributed by atoms with E-state index in [1.165, 1.54) is 0 Å². The second-order valence-corrected chi connectivity index (χ2v) is 3.54. The highest BCUT2D eigenvalue weighted by Crippen LogP contribution is 2.42. The van der Waals surface area contributed by atoms with Crippen molar-refractivity contribution in [2.24, 2.45) is 0 Å². The summed E-state index contributed by atoms with van der Waals surface area (Å²) in [4.78, 5) is 0. The highest BCUT2D eigenvalue weighted by Gasteiger charge is 2.45. The predicted octanol–water partition coefficient (Wildman–Crippen LogP) is 3.77. The Morgan fingerprint density at radius 1 is 1.05 bits per heavy atom. The van der Waals surface area contributed by atoms with Gasteiger partial charge in [0.25, 0.3) is 0 Å². The minimum Gasteiger partial charge on any atom is -0.198 e. The first-order valence-corrected chi connectivity index (χ1v) is 4.76. The minimum absolute atomic E-state index is 0.212. The zero-order valence-corrected chi connectivity index (χ0v) is 9.15. The Hall–Kier alpha value is -2.15. The zero-order valence-electron chi connectivity index (χ0n) is 9.15. The van der Waals surface area contributed by atoms with Crippen molar-refractivity contribution in [2.45, 2.75) is 18.8 Å². The molecule has 0 heterocycles. The molecule has 0 N–H and O–H groups in total. The van der Waals surface area contributed by atoms with Crippen LogP contribution in [0.2, 0.25) is 0 Å². The van der Waals surface area contributed by atoms with Crippen molar-refractivity contribution < 1.29 is 26.3 Å². The Morgan fingerprint density at radius 2 is 1.63 bits per heavy atom. The molecule has 0 radical (unpaired) electrons. The lowest BCUT2D eigenvalue weighted by atomic mass is 9.96. The van der Waals surface area contributed by atoms with Crippen molar-refractivity contribution in [3.8, 4) is 18.4 Å². The third-order valence-electron chi connectivity index (χ3n) is 2.23. The SMILES string of the molecule is C#Cc1cc(CC#N)cc(C(F)(F)F)c1C(F)(F)F. The second-order valence-electron chi connectivity index (χ2n) is 3.54. The van der Waals surface area contributed by atoms with Gasteiger partial charge in [0.15, 0.2) is 0 Å². The number of benzene rings is 1. The van der Waals surface area contributed by atoms with Crippen LogP contribution in [0.5, 0.6) is 0 Å². The number of terminal acetylenes is 1. The molecule has 0 bridgehead atoms. The molecule has 0 unspecified atom stereocenters. The fraction of sp³-hybridized carbons (Fsp3) is 0.250. The number of halogens is 6. The van der Waals surface area contributed by atoms with Crippen LogP contribution >= 0.6 is 0 Å². The molecule has 1 aromatic carbocycles. The quantitative estimate of drug-likeness (QED) is 0.566. The summed E-state index contributed by atoms with van der Waals surface area (Å²) in [5, 5.41) is 8.40. The Balaban J connectivity index is 3.71. The summed E-state index contributed by atoms with van der Waals surface area (Å²) in [5.41, 5.74) is -4.91. The van der Waals surface area contributed by atoms with E-state index in [2.05, 4.69) is 0 Å². The summed E-state index contributed by atoms with van der Waals surface area (Å²) >= 11 is 0. The molecule has 100 valence electrons. The van der Waals surface area contributed by atoms with Crippen LogP contribution in [-0.4, -0.2) is 0 Å². The van der Waals surface area contributed by atoms with Gasteiger partial charge in [-0.25, -0.2) is 0 Å². The summed E-state index contributed by atoms with van der Waals surface area (Å²) in [6, 6.07) is 2.62. The van der Waals surface area contributed by atoms with Crippen molar-refractivity contribution in [3.05, 3.63) is 34.4 Å². The molecule has 0 spiro atoms. The van der Waals surface area contributed by atoms with Gasteiger partial charge in [-0.15, -0.1) is 6.42 Å². The van der Waals surface area contributed by atoms with Crippen molar-refractivity contribution in [1.29, 1.82) is 5.26 Å². The van der Waals surface area contributed by atoms with Crippen LogP contribution in [0.15, 0.2) is 12.1 Å². The predicted molar refractivity (Wildman–Crippen MR) is 53.7 cm³/mol. The maximum atomic E-state index is 12.7. The average Bonchev–Trinajstić information content (AvgIpc) is 2.25. The molecule has 0 aliphatic rings. The standard InChI is InChI=1S/C12H5F6N/c1-2-8-5-7(3-4-19)6-9(11(13,14)15)10(8)12(16,17)18/h1,5-6H,3H2. The average molecular weight is 277 g/mol. The molecule has 1 nitrogen and oxygen atoms in total. The number of alkyl halides is 6. The van der Waals surface area contributed by atoms with Gasteiger partial charge in [0.2, 0.25) is 0 Å². The minimum atomic E-state index is -5.22. The second kappa shape index (κ2) is 4.85. The monoisotopic (exact) mass is 277 g/mol. The molecule has 0 amide bonds. The van der Waals surface area contributed by atoms with E-state index in [9.17, 15) is 26.3 Å². The van der Waals surface area contributed by atoms with E-state index in [1.54, 1.807) is 12.0 Å². The molecule has 0 atom stereocenters. The highest BCUT2D eigenvalue weighted by molar-refractivity contribution is 5.50. The van der Waals surface area contributed by atoms with E-state index in [4.69, 9.17) is 11.7 Å². The van der Waals surface area contributed by atoms with Crippen LogP contribution in [0.4, 0.5) is 26.3 Å². The van der Waals surface area contributed by atoms with Gasteiger partial charge in [0, 0.05) is 5.56 Å². The van der Waals surface area contributed by atoms with Gasteiger partial charge in [0.1, 0.15) is 0 Å². The van der Waals surface area contributed by atoms with Gasteiger partial charge in [0.05, 0.1) is 23.6 Å². The molecule has 7 heteroatoms. The van der Waals surface area contributed by atoms with Gasteiger partial charge in [-0.3, -0.25) is 0 Å². The maximum Gasteiger partial charge on any atom is 0.418 e. The Morgan fingerprint density at radius 3 is 2.00 bits per heavy atom. The topological polar surface area (TPSA) is 23.8 Å². The fourth-order valence-electron chi connectivity index (χ4n) is 1.54. The van der Waals surface area contributed by atoms with Crippen molar-refractivity contribution in [1.82, 2.24) is 0 Å². The van der Waals surface area contributed by atoms with Gasteiger partial charge in [-0.2, -0.15) is 31.6 Å². The van der Waals surface area contributed by atoms with Crippen LogP contribution < -0.4 is 0 Å². The Labute approximate surface area is 104 Å². The van der Waals surface area contributed by atoms with Crippen molar-refractivity contribution >= 4 is 0 Å². The fourth-order valence-corrected chi connectivity index (χ4v) is 1.54. The molecule has 0 saturated heterocycles. The van der Waals surface area contributed by atoms with Crippen LogP contribution in [0.25, 0.3) is 0 Å². The summed E-state index contributed by atoms with van der Waals surface area (Å²) in [6.45, 7) is 0. The number of hydrogen-bond acceptors (Lipinski definition) is 1. The van der Waals surface area contributed by atoms with Gasteiger partial charge >= 0.3 is 12.4 Å². The van der Waals surface area contributed by atoms with E-state index >= 15 is 0 Å². The molecule has 0 fully saturated rings. The third-order valence-corrected chi connectivity index (χ3v) is 2.23. The largest absolute Gasteiger partial charge is 0.418 e. The molecule has 0 aliphatic carbocycles. The van der Waals surface area contributed by atoms with Crippen LogP contribution in [0, 0.1) is 23.7 Å². The molecule has 0 saturated carbocycles. The lowest BCUT2D eigenvalue weighted by Gasteiger charge is -2.18. The normalized spacial score (nSPS) is 11.8. The molecule has 0 aromatic heterocycles. The molecule has 0 aliphatic heterocycles. The van der Waals surface area contributed by atoms with Crippen LogP contribution in [-0.2, 0) is 18.8 Å². The van der Waals surface area contributed by atoms with Gasteiger partial charge in [-0.1, -0.05) is 5.92 Å². The van der Waals surface area contributed by atoms with E-state index in [0.717, 1.165) is 6.07 Å². The lowest BCUT2D eigenvalue weighted by Crippen LogP contribution is -2.19. The Bertz CT molecular complexity index is 568. The summed E-state index contributed by atoms with van der Waals surface area (Å²) < 4.78 is 76.0. The first-order valence-electron chi connectivity index (χ1n) is 4.76. The first kappa shape index (κ1) is 14.9. The van der Waals surface area contributed by atoms with Gasteiger partial charge in [-0.05, 0) is 17.7 Å². The highest BCUT2D eigenvalue weighted by atomic mass is 19.4. The molecular formula is C12H5F6N. The molecular weight excluding hydrogens is 272 g/mol. The maximum absolute atomic E-state index is 12.7. The Kier molecular flexibility index (Phi) is 3.80. The molecule has 1 aromatic rings. The molecule has 1 rings (SSSR count). The lowest BCUT2D eigenvalue weighted by molar-refractivity contribution is -0.162. The summed E-state index contributed by atoms with van der Waals surface area (Å²) in [5.74, 6) is 1.58. The number of nitriles is 1. The summed E-state index contributed by atoms with van der Waals surface area (Å²) in [7, 11) is 0.